The van der Waals surface area contributed by atoms with E-state index in [2.05, 4.69) is 15.3 Å². The summed E-state index contributed by atoms with van der Waals surface area (Å²) < 4.78 is 10.5. The fourth-order valence-corrected chi connectivity index (χ4v) is 2.86. The summed E-state index contributed by atoms with van der Waals surface area (Å²) in [7, 11) is -1.50. The van der Waals surface area contributed by atoms with Crippen LogP contribution in [0.5, 0.6) is 0 Å². The molecule has 2 heterocycles. The van der Waals surface area contributed by atoms with E-state index < -0.39 is 43.6 Å². The third kappa shape index (κ3) is 6.64. The maximum Gasteiger partial charge on any atom is 0.480 e. The summed E-state index contributed by atoms with van der Waals surface area (Å²) in [6.07, 6.45) is -1.22. The highest BCUT2D eigenvalue weighted by Crippen LogP contribution is 2.13. The highest BCUT2D eigenvalue weighted by Gasteiger charge is 2.36. The Kier molecular flexibility index (Phi) is 7.73. The Morgan fingerprint density at radius 3 is 2.74 bits per heavy atom. The third-order valence-corrected chi connectivity index (χ3v) is 4.19. The number of hydrogen-bond acceptors (Lipinski definition) is 9. The summed E-state index contributed by atoms with van der Waals surface area (Å²) in [4.78, 5) is 38.9. The van der Waals surface area contributed by atoms with E-state index in [1.54, 1.807) is 17.5 Å². The predicted molar refractivity (Wildman–Crippen MR) is 92.3 cm³/mol. The van der Waals surface area contributed by atoms with E-state index in [4.69, 9.17) is 19.6 Å². The van der Waals surface area contributed by atoms with Crippen molar-refractivity contribution in [1.82, 2.24) is 5.32 Å². The zero-order valence-corrected chi connectivity index (χ0v) is 14.8. The normalized spacial score (nSPS) is 20.6. The molecule has 0 saturated carbocycles. The first-order valence-electron chi connectivity index (χ1n) is 7.76. The van der Waals surface area contributed by atoms with Crippen LogP contribution in [0, 0.1) is 0 Å². The number of oxime groups is 1. The minimum absolute atomic E-state index is 0.0523. The minimum atomic E-state index is -1.50. The number of aliphatic carboxylic acids is 2. The van der Waals surface area contributed by atoms with Gasteiger partial charge in [-0.2, -0.15) is 0 Å². The molecule has 1 aromatic rings. The van der Waals surface area contributed by atoms with Gasteiger partial charge in [-0.15, -0.1) is 11.3 Å². The van der Waals surface area contributed by atoms with Gasteiger partial charge in [-0.3, -0.25) is 9.59 Å². The smallest absolute Gasteiger partial charge is 0.480 e. The lowest BCUT2D eigenvalue weighted by Gasteiger charge is -2.19. The molecule has 1 saturated heterocycles. The number of rotatable bonds is 8. The third-order valence-electron chi connectivity index (χ3n) is 3.31. The van der Waals surface area contributed by atoms with Gasteiger partial charge in [0.1, 0.15) is 0 Å². The molecule has 2 atom stereocenters. The number of amides is 1. The van der Waals surface area contributed by atoms with Gasteiger partial charge in [0.2, 0.25) is 6.61 Å². The van der Waals surface area contributed by atoms with Crippen LogP contribution in [-0.4, -0.2) is 77.8 Å². The van der Waals surface area contributed by atoms with Crippen LogP contribution in [0.15, 0.2) is 22.7 Å². The summed E-state index contributed by atoms with van der Waals surface area (Å²) in [5, 5.41) is 35.2. The molecular weight excluding hydrogens is 383 g/mol. The molecule has 0 aliphatic carbocycles. The number of nitrogens with one attached hydrogen (secondary N) is 1. The SMILES string of the molecule is O=C(O)CON=C(C(=O)NC1COCC(CC(=O)O)OB1O)c1cccs1. The molecule has 4 N–H and O–H groups in total. The van der Waals surface area contributed by atoms with Crippen molar-refractivity contribution in [2.24, 2.45) is 5.16 Å². The molecule has 2 rings (SSSR count). The van der Waals surface area contributed by atoms with Crippen LogP contribution in [0.2, 0.25) is 0 Å². The molecule has 146 valence electrons. The Morgan fingerprint density at radius 1 is 1.33 bits per heavy atom. The molecule has 1 aliphatic rings. The molecule has 1 aliphatic heterocycles. The highest BCUT2D eigenvalue weighted by molar-refractivity contribution is 7.13. The second kappa shape index (κ2) is 10.0. The van der Waals surface area contributed by atoms with Crippen LogP contribution >= 0.6 is 11.3 Å². The van der Waals surface area contributed by atoms with Crippen molar-refractivity contribution in [3.63, 3.8) is 0 Å². The summed E-state index contributed by atoms with van der Waals surface area (Å²) in [5.74, 6) is -4.09. The van der Waals surface area contributed by atoms with Crippen LogP contribution in [-0.2, 0) is 28.6 Å². The molecule has 11 nitrogen and oxygen atoms in total. The average Bonchev–Trinajstić information content (AvgIpc) is 3.05. The summed E-state index contributed by atoms with van der Waals surface area (Å²) in [5.41, 5.74) is -0.176. The van der Waals surface area contributed by atoms with E-state index >= 15 is 0 Å². The van der Waals surface area contributed by atoms with Gasteiger partial charge in [0, 0.05) is 0 Å². The number of carboxylic acid groups (broad SMARTS) is 2. The van der Waals surface area contributed by atoms with Crippen molar-refractivity contribution >= 4 is 42.0 Å². The largest absolute Gasteiger partial charge is 0.481 e. The van der Waals surface area contributed by atoms with E-state index in [0.717, 1.165) is 0 Å². The average molecular weight is 400 g/mol. The van der Waals surface area contributed by atoms with Gasteiger partial charge in [0.15, 0.2) is 5.71 Å². The zero-order chi connectivity index (χ0) is 19.8. The van der Waals surface area contributed by atoms with Crippen molar-refractivity contribution in [3.05, 3.63) is 22.4 Å². The molecule has 0 aromatic carbocycles. The maximum atomic E-state index is 12.5. The maximum absolute atomic E-state index is 12.5. The molecular formula is C14H17BN2O9S. The van der Waals surface area contributed by atoms with Crippen LogP contribution in [0.3, 0.4) is 0 Å². The fraction of sp³-hybridized carbons (Fsp3) is 0.429. The Bertz CT molecular complexity index is 697. The van der Waals surface area contributed by atoms with Gasteiger partial charge in [0.05, 0.1) is 36.6 Å². The van der Waals surface area contributed by atoms with Crippen molar-refractivity contribution in [3.8, 4) is 0 Å². The van der Waals surface area contributed by atoms with Gasteiger partial charge in [-0.25, -0.2) is 4.79 Å². The molecule has 27 heavy (non-hydrogen) atoms. The van der Waals surface area contributed by atoms with E-state index in [0.29, 0.717) is 4.88 Å². The number of ether oxygens (including phenoxy) is 1. The fourth-order valence-electron chi connectivity index (χ4n) is 2.16. The Hall–Kier alpha value is -2.48. The van der Waals surface area contributed by atoms with Crippen LogP contribution < -0.4 is 5.32 Å². The highest BCUT2D eigenvalue weighted by atomic mass is 32.1. The second-order valence-electron chi connectivity index (χ2n) is 5.45. The molecule has 0 spiro atoms. The minimum Gasteiger partial charge on any atom is -0.481 e. The van der Waals surface area contributed by atoms with Crippen molar-refractivity contribution in [2.75, 3.05) is 19.8 Å². The number of nitrogens with zero attached hydrogens (tertiary/aromatic N) is 1. The van der Waals surface area contributed by atoms with Gasteiger partial charge >= 0.3 is 19.1 Å². The first kappa shape index (κ1) is 20.8. The number of carbonyl (C=O) groups excluding carboxylic acids is 1. The van der Waals surface area contributed by atoms with E-state index in [9.17, 15) is 19.4 Å². The molecule has 1 aromatic heterocycles. The Labute approximate surface area is 157 Å². The molecule has 1 fully saturated rings. The monoisotopic (exact) mass is 400 g/mol. The van der Waals surface area contributed by atoms with Gasteiger partial charge in [0.25, 0.3) is 5.91 Å². The van der Waals surface area contributed by atoms with E-state index in [1.165, 1.54) is 11.3 Å². The van der Waals surface area contributed by atoms with E-state index in [1.807, 2.05) is 0 Å². The van der Waals surface area contributed by atoms with Crippen LogP contribution in [0.4, 0.5) is 0 Å². The summed E-state index contributed by atoms with van der Waals surface area (Å²) >= 11 is 1.18. The Balaban J connectivity index is 2.05. The lowest BCUT2D eigenvalue weighted by Crippen LogP contribution is -2.52. The van der Waals surface area contributed by atoms with Crippen molar-refractivity contribution in [1.29, 1.82) is 0 Å². The first-order valence-corrected chi connectivity index (χ1v) is 8.64. The molecule has 2 unspecified atom stereocenters. The van der Waals surface area contributed by atoms with Gasteiger partial charge in [-0.05, 0) is 11.4 Å². The topological polar surface area (TPSA) is 164 Å². The first-order chi connectivity index (χ1) is 12.9. The summed E-state index contributed by atoms with van der Waals surface area (Å²) in [6.45, 7) is -0.892. The van der Waals surface area contributed by atoms with Crippen molar-refractivity contribution in [2.45, 2.75) is 18.5 Å². The summed E-state index contributed by atoms with van der Waals surface area (Å²) in [6, 6.07) is 3.26. The molecule has 13 heteroatoms. The quantitative estimate of drug-likeness (QED) is 0.242. The molecule has 0 radical (unpaired) electrons. The van der Waals surface area contributed by atoms with Crippen LogP contribution in [0.1, 0.15) is 11.3 Å². The number of thiophene rings is 1. The standard InChI is InChI=1S/C14H17BN2O9S/c18-11(19)4-8-5-24-6-10(15(23)26-8)16-14(22)13(9-2-1-3-27-9)17-25-7-12(20)21/h1-3,8,10,23H,4-7H2,(H,16,22)(H,18,19)(H,20,21). The van der Waals surface area contributed by atoms with E-state index in [-0.39, 0.29) is 25.3 Å². The second-order valence-corrected chi connectivity index (χ2v) is 6.40. The molecule has 1 amide bonds. The van der Waals surface area contributed by atoms with Gasteiger partial charge in [-0.1, -0.05) is 11.2 Å². The predicted octanol–water partition coefficient (Wildman–Crippen LogP) is -1.05. The Morgan fingerprint density at radius 2 is 2.11 bits per heavy atom. The van der Waals surface area contributed by atoms with Gasteiger partial charge < -0.3 is 34.8 Å². The number of carboxylic acids is 2. The number of hydrogen-bond donors (Lipinski definition) is 4. The molecule has 0 bridgehead atoms. The lowest BCUT2D eigenvalue weighted by molar-refractivity contribution is -0.142. The van der Waals surface area contributed by atoms with Crippen molar-refractivity contribution < 1.29 is 43.8 Å². The zero-order valence-electron chi connectivity index (χ0n) is 13.9. The number of carbonyl (C=O) groups is 3. The van der Waals surface area contributed by atoms with Crippen LogP contribution in [0.25, 0.3) is 0 Å². The lowest BCUT2D eigenvalue weighted by atomic mass is 9.79.